The number of anilines is 1. The fourth-order valence-corrected chi connectivity index (χ4v) is 3.56. The number of hydrogen-bond acceptors (Lipinski definition) is 5. The first-order valence-electron chi connectivity index (χ1n) is 5.81. The second-order valence-electron chi connectivity index (χ2n) is 5.00. The van der Waals surface area contributed by atoms with Gasteiger partial charge in [0.05, 0.1) is 9.82 Å². The van der Waals surface area contributed by atoms with Crippen molar-refractivity contribution in [1.29, 1.82) is 0 Å². The predicted molar refractivity (Wildman–Crippen MR) is 70.1 cm³/mol. The Hall–Kier alpha value is -1.67. The maximum atomic E-state index is 12.1. The van der Waals surface area contributed by atoms with Crippen LogP contribution in [0.1, 0.15) is 26.2 Å². The van der Waals surface area contributed by atoms with E-state index in [-0.39, 0.29) is 16.3 Å². The Morgan fingerprint density at radius 1 is 1.42 bits per heavy atom. The summed E-state index contributed by atoms with van der Waals surface area (Å²) in [4.78, 5) is 9.93. The zero-order valence-electron chi connectivity index (χ0n) is 10.4. The van der Waals surface area contributed by atoms with E-state index in [2.05, 4.69) is 4.72 Å². The van der Waals surface area contributed by atoms with E-state index in [0.717, 1.165) is 31.4 Å². The Morgan fingerprint density at radius 2 is 2.05 bits per heavy atom. The fraction of sp³-hybridized carbons (Fsp3) is 0.455. The lowest BCUT2D eigenvalue weighted by Crippen LogP contribution is -2.50. The average Bonchev–Trinajstić information content (AvgIpc) is 2.25. The van der Waals surface area contributed by atoms with Crippen LogP contribution in [0.2, 0.25) is 0 Å². The van der Waals surface area contributed by atoms with Crippen LogP contribution in [-0.4, -0.2) is 18.9 Å². The molecule has 0 heterocycles. The topological polar surface area (TPSA) is 115 Å². The van der Waals surface area contributed by atoms with Gasteiger partial charge in [-0.3, -0.25) is 10.1 Å². The van der Waals surface area contributed by atoms with Crippen molar-refractivity contribution in [2.45, 2.75) is 36.6 Å². The number of nitrogens with one attached hydrogen (secondary N) is 1. The number of hydrogen-bond donors (Lipinski definition) is 2. The summed E-state index contributed by atoms with van der Waals surface area (Å²) in [6, 6.07) is 3.41. The first-order valence-corrected chi connectivity index (χ1v) is 7.30. The summed E-state index contributed by atoms with van der Waals surface area (Å²) in [5.41, 5.74) is 4.62. The molecule has 19 heavy (non-hydrogen) atoms. The summed E-state index contributed by atoms with van der Waals surface area (Å²) in [5.74, 6) is 0. The quantitative estimate of drug-likeness (QED) is 0.493. The molecule has 0 bridgehead atoms. The second kappa shape index (κ2) is 4.46. The van der Waals surface area contributed by atoms with Crippen molar-refractivity contribution in [1.82, 2.24) is 4.72 Å². The Bertz CT molecular complexity index is 623. The van der Waals surface area contributed by atoms with Crippen LogP contribution >= 0.6 is 0 Å². The minimum atomic E-state index is -3.70. The summed E-state index contributed by atoms with van der Waals surface area (Å²) < 4.78 is 26.9. The van der Waals surface area contributed by atoms with Crippen molar-refractivity contribution in [2.24, 2.45) is 0 Å². The van der Waals surface area contributed by atoms with Gasteiger partial charge in [0.25, 0.3) is 5.69 Å². The zero-order chi connectivity index (χ0) is 14.3. The molecule has 0 amide bonds. The van der Waals surface area contributed by atoms with Crippen molar-refractivity contribution in [3.63, 3.8) is 0 Å². The van der Waals surface area contributed by atoms with Crippen LogP contribution in [0.25, 0.3) is 0 Å². The van der Waals surface area contributed by atoms with Gasteiger partial charge >= 0.3 is 0 Å². The Kier molecular flexibility index (Phi) is 3.23. The number of nitrogens with two attached hydrogens (primary N) is 1. The molecule has 0 unspecified atom stereocenters. The normalized spacial score (nSPS) is 17.7. The molecule has 2 rings (SSSR count). The number of nitrogens with zero attached hydrogens (tertiary/aromatic N) is 1. The number of nitro benzene ring substituents is 1. The maximum absolute atomic E-state index is 12.1. The number of nitro groups is 1. The van der Waals surface area contributed by atoms with Crippen LogP contribution in [0.3, 0.4) is 0 Å². The minimum absolute atomic E-state index is 0.0521. The summed E-state index contributed by atoms with van der Waals surface area (Å²) in [6.07, 6.45) is 2.56. The van der Waals surface area contributed by atoms with Crippen LogP contribution in [0, 0.1) is 10.1 Å². The van der Waals surface area contributed by atoms with Crippen molar-refractivity contribution < 1.29 is 13.3 Å². The van der Waals surface area contributed by atoms with Crippen molar-refractivity contribution in [3.8, 4) is 0 Å². The van der Waals surface area contributed by atoms with Crippen molar-refractivity contribution in [2.75, 3.05) is 5.73 Å². The van der Waals surface area contributed by atoms with Crippen LogP contribution < -0.4 is 10.5 Å². The lowest BCUT2D eigenvalue weighted by atomic mass is 9.80. The van der Waals surface area contributed by atoms with E-state index in [1.807, 2.05) is 6.92 Å². The van der Waals surface area contributed by atoms with E-state index in [4.69, 9.17) is 5.73 Å². The smallest absolute Gasteiger partial charge is 0.292 e. The molecule has 104 valence electrons. The van der Waals surface area contributed by atoms with E-state index in [1.54, 1.807) is 0 Å². The highest BCUT2D eigenvalue weighted by Crippen LogP contribution is 2.33. The molecule has 0 aromatic heterocycles. The van der Waals surface area contributed by atoms with Gasteiger partial charge in [-0.1, -0.05) is 0 Å². The second-order valence-corrected chi connectivity index (χ2v) is 6.68. The number of sulfonamides is 1. The first kappa shape index (κ1) is 13.8. The third kappa shape index (κ3) is 2.69. The maximum Gasteiger partial charge on any atom is 0.292 e. The van der Waals surface area contributed by atoms with Gasteiger partial charge in [-0.2, -0.15) is 0 Å². The molecule has 8 heteroatoms. The molecule has 1 aliphatic carbocycles. The van der Waals surface area contributed by atoms with Crippen LogP contribution in [0.15, 0.2) is 23.1 Å². The number of rotatable bonds is 4. The molecule has 1 aromatic carbocycles. The van der Waals surface area contributed by atoms with Gasteiger partial charge in [-0.15, -0.1) is 0 Å². The average molecular weight is 285 g/mol. The summed E-state index contributed by atoms with van der Waals surface area (Å²) in [7, 11) is -3.70. The van der Waals surface area contributed by atoms with Gasteiger partial charge in [-0.25, -0.2) is 13.1 Å². The zero-order valence-corrected chi connectivity index (χ0v) is 11.2. The lowest BCUT2D eigenvalue weighted by molar-refractivity contribution is -0.383. The van der Waals surface area contributed by atoms with Crippen LogP contribution in [0.4, 0.5) is 11.4 Å². The van der Waals surface area contributed by atoms with Gasteiger partial charge in [0.15, 0.2) is 0 Å². The van der Waals surface area contributed by atoms with E-state index >= 15 is 0 Å². The van der Waals surface area contributed by atoms with E-state index < -0.39 is 20.5 Å². The van der Waals surface area contributed by atoms with E-state index in [1.165, 1.54) is 6.07 Å². The highest BCUT2D eigenvalue weighted by Gasteiger charge is 2.36. The Morgan fingerprint density at radius 3 is 2.47 bits per heavy atom. The fourth-order valence-electron chi connectivity index (χ4n) is 2.06. The minimum Gasteiger partial charge on any atom is -0.393 e. The molecule has 0 saturated heterocycles. The van der Waals surface area contributed by atoms with Gasteiger partial charge < -0.3 is 5.73 Å². The molecular formula is C11H15N3O4S. The number of benzene rings is 1. The molecular weight excluding hydrogens is 270 g/mol. The van der Waals surface area contributed by atoms with Gasteiger partial charge in [0, 0.05) is 11.6 Å². The van der Waals surface area contributed by atoms with Gasteiger partial charge in [-0.05, 0) is 38.3 Å². The van der Waals surface area contributed by atoms with E-state index in [0.29, 0.717) is 0 Å². The van der Waals surface area contributed by atoms with Crippen LogP contribution in [0.5, 0.6) is 0 Å². The highest BCUT2D eigenvalue weighted by atomic mass is 32.2. The Labute approximate surface area is 111 Å². The molecule has 0 radical (unpaired) electrons. The van der Waals surface area contributed by atoms with Gasteiger partial charge in [0.2, 0.25) is 10.0 Å². The third-order valence-electron chi connectivity index (χ3n) is 3.34. The first-order chi connectivity index (χ1) is 8.73. The third-order valence-corrected chi connectivity index (χ3v) is 4.98. The van der Waals surface area contributed by atoms with Crippen LogP contribution in [-0.2, 0) is 10.0 Å². The SMILES string of the molecule is CC1(NS(=O)(=O)c2ccc([N+](=O)[O-])c(N)c2)CCC1. The molecule has 1 aliphatic rings. The molecule has 0 atom stereocenters. The summed E-state index contributed by atoms with van der Waals surface area (Å²) in [5, 5.41) is 10.6. The molecule has 3 N–H and O–H groups in total. The highest BCUT2D eigenvalue weighted by molar-refractivity contribution is 7.89. The summed E-state index contributed by atoms with van der Waals surface area (Å²) in [6.45, 7) is 1.84. The molecule has 0 aliphatic heterocycles. The predicted octanol–water partition coefficient (Wildman–Crippen LogP) is 1.40. The molecule has 1 fully saturated rings. The van der Waals surface area contributed by atoms with Crippen molar-refractivity contribution >= 4 is 21.4 Å². The molecule has 1 aromatic rings. The van der Waals surface area contributed by atoms with Crippen molar-refractivity contribution in [3.05, 3.63) is 28.3 Å². The largest absolute Gasteiger partial charge is 0.393 e. The van der Waals surface area contributed by atoms with E-state index in [9.17, 15) is 18.5 Å². The monoisotopic (exact) mass is 285 g/mol. The standard InChI is InChI=1S/C11H15N3O4S/c1-11(5-2-6-11)13-19(17,18)8-3-4-10(14(15)16)9(12)7-8/h3-4,7,13H,2,5-6,12H2,1H3. The van der Waals surface area contributed by atoms with Gasteiger partial charge in [0.1, 0.15) is 5.69 Å². The lowest BCUT2D eigenvalue weighted by Gasteiger charge is -2.38. The number of nitrogen functional groups attached to an aromatic ring is 1. The molecule has 1 saturated carbocycles. The Balaban J connectivity index is 2.31. The molecule has 7 nitrogen and oxygen atoms in total. The summed E-state index contributed by atoms with van der Waals surface area (Å²) >= 11 is 0. The molecule has 0 spiro atoms.